The molecule has 0 aliphatic rings. The van der Waals surface area contributed by atoms with Crippen molar-refractivity contribution < 1.29 is 28.6 Å². The summed E-state index contributed by atoms with van der Waals surface area (Å²) < 4.78 is 16.8. The first-order valence-electron chi connectivity index (χ1n) is 28.4. The number of carbonyl (C=O) groups excluding carboxylic acids is 3. The third-order valence-corrected chi connectivity index (χ3v) is 11.7. The van der Waals surface area contributed by atoms with E-state index in [1.165, 1.54) is 89.9 Å². The van der Waals surface area contributed by atoms with Crippen molar-refractivity contribution >= 4 is 17.9 Å². The van der Waals surface area contributed by atoms with Crippen LogP contribution in [0, 0.1) is 0 Å². The van der Waals surface area contributed by atoms with Crippen LogP contribution in [0.3, 0.4) is 0 Å². The van der Waals surface area contributed by atoms with Crippen molar-refractivity contribution in [2.75, 3.05) is 13.2 Å². The molecular weight excluding hydrogens is 853 g/mol. The fourth-order valence-corrected chi connectivity index (χ4v) is 7.47. The molecule has 0 radical (unpaired) electrons. The number of allylic oxidation sites excluding steroid dienone is 18. The lowest BCUT2D eigenvalue weighted by Gasteiger charge is -2.18. The minimum absolute atomic E-state index is 0.103. The zero-order valence-electron chi connectivity index (χ0n) is 44.8. The normalized spacial score (nSPS) is 12.9. The molecule has 0 aromatic heterocycles. The Labute approximate surface area is 425 Å². The molecular formula is C63H104O6. The van der Waals surface area contributed by atoms with E-state index in [0.717, 1.165) is 122 Å². The van der Waals surface area contributed by atoms with Crippen molar-refractivity contribution in [1.82, 2.24) is 0 Å². The number of rotatable bonds is 50. The Morgan fingerprint density at radius 3 is 0.913 bits per heavy atom. The zero-order chi connectivity index (χ0) is 50.0. The molecule has 0 aromatic rings. The monoisotopic (exact) mass is 957 g/mol. The highest BCUT2D eigenvalue weighted by Crippen LogP contribution is 2.14. The zero-order valence-corrected chi connectivity index (χ0v) is 44.8. The molecule has 0 N–H and O–H groups in total. The smallest absolute Gasteiger partial charge is 0.306 e. The largest absolute Gasteiger partial charge is 0.462 e. The summed E-state index contributed by atoms with van der Waals surface area (Å²) in [4.78, 5) is 38.1. The number of esters is 3. The van der Waals surface area contributed by atoms with E-state index in [1.54, 1.807) is 0 Å². The summed E-state index contributed by atoms with van der Waals surface area (Å²) in [5.41, 5.74) is 0. The van der Waals surface area contributed by atoms with Gasteiger partial charge in [-0.2, -0.15) is 0 Å². The van der Waals surface area contributed by atoms with E-state index in [0.29, 0.717) is 19.3 Å². The fourth-order valence-electron chi connectivity index (χ4n) is 7.47. The predicted molar refractivity (Wildman–Crippen MR) is 297 cm³/mol. The summed E-state index contributed by atoms with van der Waals surface area (Å²) >= 11 is 0. The quantitative estimate of drug-likeness (QED) is 0.0262. The van der Waals surface area contributed by atoms with Gasteiger partial charge < -0.3 is 14.2 Å². The second kappa shape index (κ2) is 56.7. The van der Waals surface area contributed by atoms with Crippen LogP contribution in [0.25, 0.3) is 0 Å². The van der Waals surface area contributed by atoms with Gasteiger partial charge in [0.2, 0.25) is 0 Å². The van der Waals surface area contributed by atoms with Crippen LogP contribution in [0.1, 0.15) is 252 Å². The molecule has 0 aliphatic carbocycles. The Hall–Kier alpha value is -3.93. The Morgan fingerprint density at radius 1 is 0.304 bits per heavy atom. The van der Waals surface area contributed by atoms with E-state index in [4.69, 9.17) is 14.2 Å². The highest BCUT2D eigenvalue weighted by atomic mass is 16.6. The number of carbonyl (C=O) groups is 3. The van der Waals surface area contributed by atoms with Gasteiger partial charge in [-0.1, -0.05) is 214 Å². The molecule has 0 saturated heterocycles. The minimum Gasteiger partial charge on any atom is -0.462 e. The Kier molecular flexibility index (Phi) is 53.4. The summed E-state index contributed by atoms with van der Waals surface area (Å²) in [6, 6.07) is 0. The van der Waals surface area contributed by atoms with Crippen LogP contribution in [-0.2, 0) is 28.6 Å². The van der Waals surface area contributed by atoms with Gasteiger partial charge in [0.1, 0.15) is 13.2 Å². The number of unbranched alkanes of at least 4 members (excludes halogenated alkanes) is 21. The molecule has 1 atom stereocenters. The van der Waals surface area contributed by atoms with Crippen molar-refractivity contribution in [2.24, 2.45) is 0 Å². The van der Waals surface area contributed by atoms with Crippen molar-refractivity contribution in [3.8, 4) is 0 Å². The molecule has 0 heterocycles. The van der Waals surface area contributed by atoms with Gasteiger partial charge in [0.25, 0.3) is 0 Å². The maximum Gasteiger partial charge on any atom is 0.306 e. The highest BCUT2D eigenvalue weighted by molar-refractivity contribution is 5.71. The predicted octanol–water partition coefficient (Wildman–Crippen LogP) is 19.1. The first kappa shape index (κ1) is 65.1. The van der Waals surface area contributed by atoms with Crippen LogP contribution in [0.2, 0.25) is 0 Å². The molecule has 0 fully saturated rings. The maximum atomic E-state index is 12.9. The molecule has 1 unspecified atom stereocenters. The summed E-state index contributed by atoms with van der Waals surface area (Å²) in [5.74, 6) is -0.966. The summed E-state index contributed by atoms with van der Waals surface area (Å²) in [6.45, 7) is 6.42. The molecule has 0 saturated carbocycles. The van der Waals surface area contributed by atoms with Gasteiger partial charge >= 0.3 is 17.9 Å². The second-order valence-corrected chi connectivity index (χ2v) is 18.5. The molecule has 0 rings (SSSR count). The average molecular weight is 958 g/mol. The lowest BCUT2D eigenvalue weighted by Crippen LogP contribution is -2.30. The van der Waals surface area contributed by atoms with Crippen molar-refractivity contribution in [3.63, 3.8) is 0 Å². The van der Waals surface area contributed by atoms with Crippen molar-refractivity contribution in [1.29, 1.82) is 0 Å². The molecule has 0 amide bonds. The van der Waals surface area contributed by atoms with Crippen LogP contribution < -0.4 is 0 Å². The topological polar surface area (TPSA) is 78.9 Å². The van der Waals surface area contributed by atoms with E-state index >= 15 is 0 Å². The standard InChI is InChI=1S/C63H104O6/c1-4-7-10-13-16-19-22-25-28-30-31-33-35-38-41-44-47-50-53-56-62(65)68-59-60(58-67-61(64)55-52-49-46-43-40-37-34-27-24-21-18-15-12-9-6-3)69-63(66)57-54-51-48-45-42-39-36-32-29-26-23-20-17-14-11-8-5-2/h9,12,16-21,25-29,31,33-34,40,43,60H,4-8,10-11,13-15,22-24,30,32,35-39,41-42,44-59H2,1-3H3/b12-9-,19-16-,20-17-,21-18-,28-25-,29-26-,33-31-,34-27-,43-40-. The molecule has 0 aliphatic heterocycles. The molecule has 0 spiro atoms. The number of hydrogen-bond acceptors (Lipinski definition) is 6. The molecule has 0 bridgehead atoms. The van der Waals surface area contributed by atoms with Crippen LogP contribution in [-0.4, -0.2) is 37.2 Å². The lowest BCUT2D eigenvalue weighted by molar-refractivity contribution is -0.167. The van der Waals surface area contributed by atoms with E-state index in [9.17, 15) is 14.4 Å². The summed E-state index contributed by atoms with van der Waals surface area (Å²) in [6.07, 6.45) is 76.4. The number of hydrogen-bond donors (Lipinski definition) is 0. The minimum atomic E-state index is -0.807. The van der Waals surface area contributed by atoms with Crippen LogP contribution in [0.15, 0.2) is 109 Å². The maximum absolute atomic E-state index is 12.9. The average Bonchev–Trinajstić information content (AvgIpc) is 3.35. The SMILES string of the molecule is CC/C=C\C/C=C\C/C=C\C/C=C\CCCCC(=O)OCC(COC(=O)CCCCCCCC/C=C\C/C=C\C/C=C\CCCCC)OC(=O)CCCCCCCCC/C=C\C/C=C\CCCCC. The third-order valence-electron chi connectivity index (χ3n) is 11.7. The van der Waals surface area contributed by atoms with Gasteiger partial charge in [0.05, 0.1) is 0 Å². The Morgan fingerprint density at radius 2 is 0.565 bits per heavy atom. The fraction of sp³-hybridized carbons (Fsp3) is 0.667. The Bertz CT molecular complexity index is 1420. The van der Waals surface area contributed by atoms with Crippen LogP contribution >= 0.6 is 0 Å². The van der Waals surface area contributed by atoms with E-state index in [-0.39, 0.29) is 31.1 Å². The van der Waals surface area contributed by atoms with Crippen LogP contribution in [0.4, 0.5) is 0 Å². The highest BCUT2D eigenvalue weighted by Gasteiger charge is 2.19. The van der Waals surface area contributed by atoms with Gasteiger partial charge in [-0.25, -0.2) is 0 Å². The molecule has 0 aromatic carbocycles. The lowest BCUT2D eigenvalue weighted by atomic mass is 10.1. The first-order valence-corrected chi connectivity index (χ1v) is 28.4. The van der Waals surface area contributed by atoms with E-state index in [2.05, 4.69) is 130 Å². The molecule has 6 heteroatoms. The van der Waals surface area contributed by atoms with Gasteiger partial charge in [-0.05, 0) is 128 Å². The second-order valence-electron chi connectivity index (χ2n) is 18.5. The van der Waals surface area contributed by atoms with Gasteiger partial charge in [-0.15, -0.1) is 0 Å². The number of ether oxygens (including phenoxy) is 3. The van der Waals surface area contributed by atoms with Gasteiger partial charge in [0, 0.05) is 19.3 Å². The Balaban J connectivity index is 4.49. The van der Waals surface area contributed by atoms with E-state index in [1.807, 2.05) is 0 Å². The van der Waals surface area contributed by atoms with Gasteiger partial charge in [0.15, 0.2) is 6.10 Å². The summed E-state index contributed by atoms with van der Waals surface area (Å²) in [5, 5.41) is 0. The summed E-state index contributed by atoms with van der Waals surface area (Å²) in [7, 11) is 0. The molecule has 392 valence electrons. The van der Waals surface area contributed by atoms with Crippen molar-refractivity contribution in [3.05, 3.63) is 109 Å². The van der Waals surface area contributed by atoms with E-state index < -0.39 is 6.10 Å². The van der Waals surface area contributed by atoms with Gasteiger partial charge in [-0.3, -0.25) is 14.4 Å². The molecule has 69 heavy (non-hydrogen) atoms. The van der Waals surface area contributed by atoms with Crippen LogP contribution in [0.5, 0.6) is 0 Å². The van der Waals surface area contributed by atoms with Crippen molar-refractivity contribution in [2.45, 2.75) is 258 Å². The first-order chi connectivity index (χ1) is 34.0. The third kappa shape index (κ3) is 54.9. The molecule has 6 nitrogen and oxygen atoms in total.